The molecule has 2 aromatic rings. The Bertz CT molecular complexity index is 1380. The molecule has 1 N–H and O–H groups in total. The minimum atomic E-state index is 0.236. The van der Waals surface area contributed by atoms with E-state index in [0.29, 0.717) is 17.9 Å². The molecule has 0 saturated heterocycles. The summed E-state index contributed by atoms with van der Waals surface area (Å²) in [7, 11) is 0. The van der Waals surface area contributed by atoms with Gasteiger partial charge in [0.2, 0.25) is 11.9 Å². The van der Waals surface area contributed by atoms with E-state index in [0.717, 1.165) is 23.9 Å². The van der Waals surface area contributed by atoms with Gasteiger partial charge in [-0.05, 0) is 54.7 Å². The summed E-state index contributed by atoms with van der Waals surface area (Å²) in [6.07, 6.45) is 30.5. The molecule has 36 heavy (non-hydrogen) atoms. The van der Waals surface area contributed by atoms with E-state index in [9.17, 15) is 0 Å². The SMILES string of the molecule is C1=CC2CCCCC2C(C2C=Cc3c(oc4c5c(ccc34)C[N+]3=CC(CC4CCCCC4)=CC53)N2)=C1. The number of allylic oxidation sites excluding steroid dienone is 4. The molecular formula is C33H37N2O+. The Kier molecular flexibility index (Phi) is 4.95. The van der Waals surface area contributed by atoms with Crippen LogP contribution < -0.4 is 5.32 Å². The fourth-order valence-corrected chi connectivity index (χ4v) is 8.19. The molecule has 0 radical (unpaired) electrons. The van der Waals surface area contributed by atoms with E-state index in [1.165, 1.54) is 86.3 Å². The molecule has 184 valence electrons. The van der Waals surface area contributed by atoms with E-state index in [4.69, 9.17) is 4.42 Å². The standard InChI is InChI=1S/C33H37N2O/c1-2-7-21(8-3-1)17-22-18-30-31-24(20-35(30)19-22)13-14-27-28-15-16-29(34-33(28)36-32(27)31)26-12-6-10-23-9-4-5-11-25(23)26/h6,10,12-16,18-19,21,23,25,29-30,34H,1-5,7-9,11,17,20H2/q+1. The maximum absolute atomic E-state index is 6.71. The molecule has 1 aromatic carbocycles. The molecular weight excluding hydrogens is 440 g/mol. The Morgan fingerprint density at radius 3 is 2.81 bits per heavy atom. The second-order valence-corrected chi connectivity index (χ2v) is 12.1. The van der Waals surface area contributed by atoms with E-state index < -0.39 is 0 Å². The van der Waals surface area contributed by atoms with Gasteiger partial charge < -0.3 is 9.73 Å². The predicted molar refractivity (Wildman–Crippen MR) is 147 cm³/mol. The smallest absolute Gasteiger partial charge is 0.202 e. The number of fused-ring (bicyclic) bond motifs is 8. The van der Waals surface area contributed by atoms with Gasteiger partial charge in [-0.1, -0.05) is 81.4 Å². The minimum Gasteiger partial charge on any atom is -0.439 e. The van der Waals surface area contributed by atoms with Crippen LogP contribution in [-0.4, -0.2) is 16.8 Å². The third kappa shape index (κ3) is 3.34. The van der Waals surface area contributed by atoms with Gasteiger partial charge in [0, 0.05) is 22.1 Å². The summed E-state index contributed by atoms with van der Waals surface area (Å²) in [4.78, 5) is 0. The van der Waals surface area contributed by atoms with Gasteiger partial charge in [0.15, 0.2) is 12.8 Å². The fraction of sp³-hybridized carbons (Fsp3) is 0.485. The van der Waals surface area contributed by atoms with Crippen molar-refractivity contribution < 1.29 is 8.99 Å². The molecule has 2 fully saturated rings. The van der Waals surface area contributed by atoms with Crippen molar-refractivity contribution in [3.63, 3.8) is 0 Å². The highest BCUT2D eigenvalue weighted by molar-refractivity contribution is 5.97. The first-order chi connectivity index (χ1) is 17.8. The number of nitrogens with zero attached hydrogens (tertiary/aromatic N) is 1. The van der Waals surface area contributed by atoms with Crippen molar-refractivity contribution in [1.82, 2.24) is 0 Å². The van der Waals surface area contributed by atoms with Gasteiger partial charge in [-0.3, -0.25) is 0 Å². The number of benzene rings is 1. The molecule has 0 spiro atoms. The Morgan fingerprint density at radius 2 is 1.86 bits per heavy atom. The Hall–Kier alpha value is -2.81. The molecule has 4 unspecified atom stereocenters. The normalized spacial score (nSPS) is 30.7. The van der Waals surface area contributed by atoms with Gasteiger partial charge in [0.05, 0.1) is 11.6 Å². The summed E-state index contributed by atoms with van der Waals surface area (Å²) in [5, 5.41) is 5.07. The molecule has 3 nitrogen and oxygen atoms in total. The van der Waals surface area contributed by atoms with Crippen molar-refractivity contribution >= 4 is 29.1 Å². The Labute approximate surface area is 214 Å². The zero-order valence-corrected chi connectivity index (χ0v) is 21.2. The molecule has 6 aliphatic rings. The number of rotatable bonds is 3. The molecule has 2 saturated carbocycles. The zero-order valence-electron chi connectivity index (χ0n) is 21.2. The number of hydrogen-bond donors (Lipinski definition) is 1. The monoisotopic (exact) mass is 477 g/mol. The Morgan fingerprint density at radius 1 is 0.972 bits per heavy atom. The summed E-state index contributed by atoms with van der Waals surface area (Å²) < 4.78 is 9.25. The first kappa shape index (κ1) is 21.3. The maximum Gasteiger partial charge on any atom is 0.202 e. The molecule has 4 heterocycles. The number of hydrogen-bond acceptors (Lipinski definition) is 2. The van der Waals surface area contributed by atoms with Gasteiger partial charge in [0.1, 0.15) is 5.58 Å². The Balaban J connectivity index is 1.10. The second kappa shape index (κ2) is 8.36. The first-order valence-electron chi connectivity index (χ1n) is 14.5. The molecule has 4 atom stereocenters. The molecule has 0 amide bonds. The van der Waals surface area contributed by atoms with Crippen LogP contribution >= 0.6 is 0 Å². The van der Waals surface area contributed by atoms with E-state index >= 15 is 0 Å². The summed E-state index contributed by atoms with van der Waals surface area (Å²) in [5.74, 6) is 3.23. The highest BCUT2D eigenvalue weighted by Gasteiger charge is 2.40. The van der Waals surface area contributed by atoms with Crippen molar-refractivity contribution in [1.29, 1.82) is 0 Å². The van der Waals surface area contributed by atoms with Crippen LogP contribution in [0.1, 0.15) is 86.9 Å². The van der Waals surface area contributed by atoms with Crippen molar-refractivity contribution in [3.8, 4) is 0 Å². The topological polar surface area (TPSA) is 28.2 Å². The predicted octanol–water partition coefficient (Wildman–Crippen LogP) is 8.09. The van der Waals surface area contributed by atoms with E-state index in [1.54, 1.807) is 11.1 Å². The van der Waals surface area contributed by atoms with Crippen molar-refractivity contribution in [2.75, 3.05) is 5.32 Å². The van der Waals surface area contributed by atoms with Gasteiger partial charge in [0.25, 0.3) is 0 Å². The molecule has 0 bridgehead atoms. The van der Waals surface area contributed by atoms with E-state index in [1.807, 2.05) is 0 Å². The van der Waals surface area contributed by atoms with Crippen molar-refractivity contribution in [3.05, 3.63) is 70.3 Å². The summed E-state index contributed by atoms with van der Waals surface area (Å²) >= 11 is 0. The average Bonchev–Trinajstić information content (AvgIpc) is 3.58. The molecule has 1 aromatic heterocycles. The average molecular weight is 478 g/mol. The second-order valence-electron chi connectivity index (χ2n) is 12.1. The summed E-state index contributed by atoms with van der Waals surface area (Å²) in [5.41, 5.74) is 8.23. The summed E-state index contributed by atoms with van der Waals surface area (Å²) in [6.45, 7) is 1.00. The molecule has 3 aliphatic heterocycles. The van der Waals surface area contributed by atoms with Crippen LogP contribution in [0.2, 0.25) is 0 Å². The van der Waals surface area contributed by atoms with Crippen molar-refractivity contribution in [2.24, 2.45) is 17.8 Å². The number of furan rings is 1. The number of nitrogens with one attached hydrogen (secondary N) is 1. The largest absolute Gasteiger partial charge is 0.439 e. The lowest BCUT2D eigenvalue weighted by molar-refractivity contribution is -0.556. The minimum absolute atomic E-state index is 0.236. The van der Waals surface area contributed by atoms with Crippen molar-refractivity contribution in [2.45, 2.75) is 82.8 Å². The fourth-order valence-electron chi connectivity index (χ4n) is 8.19. The van der Waals surface area contributed by atoms with Gasteiger partial charge >= 0.3 is 0 Å². The highest BCUT2D eigenvalue weighted by atomic mass is 16.4. The van der Waals surface area contributed by atoms with Crippen LogP contribution in [0.5, 0.6) is 0 Å². The third-order valence-electron chi connectivity index (χ3n) is 9.98. The highest BCUT2D eigenvalue weighted by Crippen LogP contribution is 2.47. The van der Waals surface area contributed by atoms with Crippen LogP contribution in [0.3, 0.4) is 0 Å². The lowest BCUT2D eigenvalue weighted by atomic mass is 9.71. The van der Waals surface area contributed by atoms with Gasteiger partial charge in [-0.15, -0.1) is 0 Å². The molecule has 3 aliphatic carbocycles. The summed E-state index contributed by atoms with van der Waals surface area (Å²) in [6, 6.07) is 5.20. The zero-order chi connectivity index (χ0) is 23.6. The third-order valence-corrected chi connectivity index (χ3v) is 9.98. The lowest BCUT2D eigenvalue weighted by Crippen LogP contribution is -2.32. The van der Waals surface area contributed by atoms with E-state index in [-0.39, 0.29) is 6.04 Å². The van der Waals surface area contributed by atoms with Crippen LogP contribution in [0.25, 0.3) is 17.0 Å². The number of anilines is 1. The van der Waals surface area contributed by atoms with E-state index in [2.05, 4.69) is 64.7 Å². The quantitative estimate of drug-likeness (QED) is 0.452. The van der Waals surface area contributed by atoms with Crippen LogP contribution in [-0.2, 0) is 6.54 Å². The van der Waals surface area contributed by atoms with Gasteiger partial charge in [-0.2, -0.15) is 0 Å². The first-order valence-corrected chi connectivity index (χ1v) is 14.5. The van der Waals surface area contributed by atoms with Crippen LogP contribution in [0, 0.1) is 17.8 Å². The van der Waals surface area contributed by atoms with Crippen LogP contribution in [0.15, 0.2) is 58.1 Å². The maximum atomic E-state index is 6.71. The molecule has 8 rings (SSSR count). The van der Waals surface area contributed by atoms with Gasteiger partial charge in [-0.25, -0.2) is 4.58 Å². The lowest BCUT2D eigenvalue weighted by Gasteiger charge is -2.37. The van der Waals surface area contributed by atoms with Crippen LogP contribution in [0.4, 0.5) is 5.88 Å². The molecule has 3 heteroatoms.